The third-order valence-corrected chi connectivity index (χ3v) is 6.16. The standard InChI is InChI=1S/C25H23N3O2.C3Cl3N3/c1-14-5-8-19(16(3)11-14)23-26-24(20-9-6-15(2)12-17(20)4)28-25(27-23)21-10-7-18(29)13-22(21)30;4-1-7-2(5)9-3(6)8-1/h5-13,29-30H,1-4H3;. The first-order valence-electron chi connectivity index (χ1n) is 11.7. The molecule has 2 aromatic heterocycles. The second kappa shape index (κ2) is 11.9. The zero-order chi connectivity index (χ0) is 28.3. The number of benzene rings is 3. The van der Waals surface area contributed by atoms with E-state index in [2.05, 4.69) is 37.1 Å². The summed E-state index contributed by atoms with van der Waals surface area (Å²) in [5.74, 6) is 1.33. The Morgan fingerprint density at radius 3 is 1.26 bits per heavy atom. The van der Waals surface area contributed by atoms with Crippen molar-refractivity contribution in [2.24, 2.45) is 0 Å². The molecule has 0 aliphatic carbocycles. The Morgan fingerprint density at radius 2 is 0.872 bits per heavy atom. The first-order chi connectivity index (χ1) is 18.5. The quantitative estimate of drug-likeness (QED) is 0.227. The summed E-state index contributed by atoms with van der Waals surface area (Å²) in [6.45, 7) is 8.15. The number of halogens is 3. The number of hydrogen-bond acceptors (Lipinski definition) is 8. The average Bonchev–Trinajstić information content (AvgIpc) is 2.83. The van der Waals surface area contributed by atoms with Crippen molar-refractivity contribution >= 4 is 34.8 Å². The highest BCUT2D eigenvalue weighted by Gasteiger charge is 2.17. The first-order valence-corrected chi connectivity index (χ1v) is 12.8. The second-order valence-electron chi connectivity index (χ2n) is 8.79. The van der Waals surface area contributed by atoms with Crippen LogP contribution >= 0.6 is 34.8 Å². The molecule has 0 aliphatic heterocycles. The van der Waals surface area contributed by atoms with Crippen LogP contribution in [0.5, 0.6) is 11.5 Å². The van der Waals surface area contributed by atoms with Crippen molar-refractivity contribution in [2.45, 2.75) is 27.7 Å². The third-order valence-electron chi connectivity index (χ3n) is 5.66. The van der Waals surface area contributed by atoms with Crippen LogP contribution in [0.25, 0.3) is 34.2 Å². The fourth-order valence-electron chi connectivity index (χ4n) is 3.88. The van der Waals surface area contributed by atoms with Gasteiger partial charge in [-0.05, 0) is 85.8 Å². The lowest BCUT2D eigenvalue weighted by molar-refractivity contribution is 0.451. The Hall–Kier alpha value is -3.85. The highest BCUT2D eigenvalue weighted by molar-refractivity contribution is 6.33. The van der Waals surface area contributed by atoms with Gasteiger partial charge in [0.2, 0.25) is 15.9 Å². The van der Waals surface area contributed by atoms with E-state index in [9.17, 15) is 10.2 Å². The Bertz CT molecular complexity index is 1460. The van der Waals surface area contributed by atoms with Crippen LogP contribution in [-0.2, 0) is 0 Å². The molecule has 5 aromatic rings. The monoisotopic (exact) mass is 580 g/mol. The van der Waals surface area contributed by atoms with E-state index in [1.54, 1.807) is 6.07 Å². The molecule has 0 saturated heterocycles. The van der Waals surface area contributed by atoms with E-state index >= 15 is 0 Å². The van der Waals surface area contributed by atoms with Crippen molar-refractivity contribution in [1.29, 1.82) is 0 Å². The molecular formula is C28H23Cl3N6O2. The maximum atomic E-state index is 10.4. The van der Waals surface area contributed by atoms with E-state index in [1.165, 1.54) is 12.1 Å². The molecule has 0 spiro atoms. The summed E-state index contributed by atoms with van der Waals surface area (Å²) in [7, 11) is 0. The minimum Gasteiger partial charge on any atom is -0.508 e. The van der Waals surface area contributed by atoms with Crippen LogP contribution in [0.3, 0.4) is 0 Å². The van der Waals surface area contributed by atoms with Crippen molar-refractivity contribution in [1.82, 2.24) is 29.9 Å². The summed E-state index contributed by atoms with van der Waals surface area (Å²) in [5, 5.41) is 20.1. The van der Waals surface area contributed by atoms with E-state index in [0.29, 0.717) is 23.0 Å². The van der Waals surface area contributed by atoms with Gasteiger partial charge in [-0.25, -0.2) is 15.0 Å². The van der Waals surface area contributed by atoms with E-state index in [0.717, 1.165) is 33.4 Å². The molecule has 5 rings (SSSR count). The van der Waals surface area contributed by atoms with Crippen LogP contribution in [0.15, 0.2) is 54.6 Å². The number of phenols is 2. The maximum absolute atomic E-state index is 10.4. The molecule has 0 amide bonds. The maximum Gasteiger partial charge on any atom is 0.227 e. The predicted molar refractivity (Wildman–Crippen MR) is 153 cm³/mol. The molecule has 0 unspecified atom stereocenters. The average molecular weight is 582 g/mol. The smallest absolute Gasteiger partial charge is 0.227 e. The van der Waals surface area contributed by atoms with Gasteiger partial charge in [0.25, 0.3) is 0 Å². The van der Waals surface area contributed by atoms with E-state index in [1.807, 2.05) is 52.0 Å². The van der Waals surface area contributed by atoms with Crippen LogP contribution in [0.4, 0.5) is 0 Å². The van der Waals surface area contributed by atoms with Gasteiger partial charge < -0.3 is 10.2 Å². The minimum atomic E-state index is -0.0839. The highest BCUT2D eigenvalue weighted by atomic mass is 35.5. The van der Waals surface area contributed by atoms with Gasteiger partial charge in [-0.1, -0.05) is 47.5 Å². The van der Waals surface area contributed by atoms with Gasteiger partial charge in [0.1, 0.15) is 11.5 Å². The van der Waals surface area contributed by atoms with Crippen LogP contribution in [0.2, 0.25) is 15.9 Å². The lowest BCUT2D eigenvalue weighted by Gasteiger charge is -2.12. The molecule has 198 valence electrons. The summed E-state index contributed by atoms with van der Waals surface area (Å²) >= 11 is 16.0. The number of phenolic OH excluding ortho intramolecular Hbond substituents is 2. The van der Waals surface area contributed by atoms with Crippen molar-refractivity contribution in [2.75, 3.05) is 0 Å². The number of aromatic hydroxyl groups is 2. The molecule has 2 N–H and O–H groups in total. The van der Waals surface area contributed by atoms with Gasteiger partial charge in [-0.3, -0.25) is 0 Å². The van der Waals surface area contributed by atoms with Crippen LogP contribution in [0, 0.1) is 27.7 Å². The first kappa shape index (κ1) is 28.2. The molecule has 8 nitrogen and oxygen atoms in total. The fourth-order valence-corrected chi connectivity index (χ4v) is 4.49. The summed E-state index contributed by atoms with van der Waals surface area (Å²) in [5.41, 5.74) is 6.71. The van der Waals surface area contributed by atoms with Crippen LogP contribution in [-0.4, -0.2) is 40.1 Å². The summed E-state index contributed by atoms with van der Waals surface area (Å²) in [4.78, 5) is 24.5. The number of rotatable bonds is 3. The van der Waals surface area contributed by atoms with Crippen molar-refractivity contribution in [3.63, 3.8) is 0 Å². The molecule has 0 aliphatic rings. The Labute approximate surface area is 240 Å². The molecule has 39 heavy (non-hydrogen) atoms. The third kappa shape index (κ3) is 6.97. The molecular weight excluding hydrogens is 559 g/mol. The molecule has 0 saturated carbocycles. The van der Waals surface area contributed by atoms with Crippen molar-refractivity contribution in [3.05, 3.63) is 92.7 Å². The zero-order valence-electron chi connectivity index (χ0n) is 21.4. The topological polar surface area (TPSA) is 118 Å². The van der Waals surface area contributed by atoms with Crippen LogP contribution < -0.4 is 0 Å². The highest BCUT2D eigenvalue weighted by Crippen LogP contribution is 2.33. The Balaban J connectivity index is 0.000000333. The van der Waals surface area contributed by atoms with Gasteiger partial charge in [-0.2, -0.15) is 15.0 Å². The van der Waals surface area contributed by atoms with Gasteiger partial charge in [-0.15, -0.1) is 0 Å². The zero-order valence-corrected chi connectivity index (χ0v) is 23.7. The van der Waals surface area contributed by atoms with Gasteiger partial charge in [0.05, 0.1) is 5.56 Å². The lowest BCUT2D eigenvalue weighted by atomic mass is 10.0. The molecule has 0 atom stereocenters. The Kier molecular flexibility index (Phi) is 8.60. The number of hydrogen-bond donors (Lipinski definition) is 2. The molecule has 3 aromatic carbocycles. The summed E-state index contributed by atoms with van der Waals surface area (Å²) < 4.78 is 0. The predicted octanol–water partition coefficient (Wildman–Crippen LogP) is 7.35. The number of aromatic nitrogens is 6. The molecule has 0 fully saturated rings. The second-order valence-corrected chi connectivity index (χ2v) is 9.80. The lowest BCUT2D eigenvalue weighted by Crippen LogP contribution is -2.02. The molecule has 11 heteroatoms. The van der Waals surface area contributed by atoms with E-state index in [-0.39, 0.29) is 27.3 Å². The summed E-state index contributed by atoms with van der Waals surface area (Å²) in [6, 6.07) is 16.7. The van der Waals surface area contributed by atoms with Gasteiger partial charge in [0, 0.05) is 17.2 Å². The van der Waals surface area contributed by atoms with Gasteiger partial charge >= 0.3 is 0 Å². The number of nitrogens with zero attached hydrogens (tertiary/aromatic N) is 6. The number of aryl methyl sites for hydroxylation is 4. The largest absolute Gasteiger partial charge is 0.508 e. The molecule has 0 radical (unpaired) electrons. The van der Waals surface area contributed by atoms with E-state index in [4.69, 9.17) is 39.8 Å². The summed E-state index contributed by atoms with van der Waals surface area (Å²) in [6.07, 6.45) is 0. The fraction of sp³-hybridized carbons (Fsp3) is 0.143. The normalized spacial score (nSPS) is 10.6. The van der Waals surface area contributed by atoms with Crippen molar-refractivity contribution in [3.8, 4) is 45.7 Å². The SMILES string of the molecule is Cc1ccc(-c2nc(-c3ccc(C)cc3C)nc(-c3ccc(O)cc3O)n2)c(C)c1.Clc1nc(Cl)nc(Cl)n1. The molecule has 0 bridgehead atoms. The Morgan fingerprint density at radius 1 is 0.487 bits per heavy atom. The molecule has 2 heterocycles. The van der Waals surface area contributed by atoms with Crippen LogP contribution in [0.1, 0.15) is 22.3 Å². The minimum absolute atomic E-state index is 0.000000000000000444. The van der Waals surface area contributed by atoms with Crippen molar-refractivity contribution < 1.29 is 10.2 Å². The van der Waals surface area contributed by atoms with E-state index < -0.39 is 0 Å². The van der Waals surface area contributed by atoms with Gasteiger partial charge in [0.15, 0.2) is 17.5 Å².